The fraction of sp³-hybridized carbons (Fsp3) is 0.0476. The summed E-state index contributed by atoms with van der Waals surface area (Å²) in [6, 6.07) is 0. The molecule has 174 valence electrons. The monoisotopic (exact) mass is 485 g/mol. The van der Waals surface area contributed by atoms with Crippen molar-refractivity contribution < 1.29 is 44.7 Å². The van der Waals surface area contributed by atoms with E-state index in [4.69, 9.17) is 5.73 Å². The first-order valence-corrected chi connectivity index (χ1v) is 9.03. The fourth-order valence-corrected chi connectivity index (χ4v) is 3.40. The number of benzene rings is 2. The van der Waals surface area contributed by atoms with Gasteiger partial charge in [-0.05, 0) is 6.08 Å². The molecule has 2 aromatic carbocycles. The second-order valence-electron chi connectivity index (χ2n) is 6.98. The molecule has 3 aromatic rings. The summed E-state index contributed by atoms with van der Waals surface area (Å²) in [6.07, 6.45) is 1.39. The van der Waals surface area contributed by atoms with Gasteiger partial charge in [-0.15, -0.1) is 0 Å². The van der Waals surface area contributed by atoms with Gasteiger partial charge in [0.15, 0.2) is 52.3 Å². The number of carbonyl (C=O) groups is 2. The molecule has 1 aliphatic carbocycles. The van der Waals surface area contributed by atoms with Gasteiger partial charge in [-0.25, -0.2) is 45.1 Å². The van der Waals surface area contributed by atoms with E-state index in [9.17, 15) is 44.7 Å². The number of Topliss-reactive ketones (excluding diaryl/α,β-unsaturated/α-hetero) is 1. The van der Waals surface area contributed by atoms with Crippen LogP contribution in [0.2, 0.25) is 0 Å². The van der Waals surface area contributed by atoms with E-state index in [0.717, 1.165) is 12.5 Å². The Morgan fingerprint density at radius 1 is 0.735 bits per heavy atom. The molecule has 2 N–H and O–H groups in total. The third-order valence-corrected chi connectivity index (χ3v) is 5.06. The van der Waals surface area contributed by atoms with Gasteiger partial charge in [-0.2, -0.15) is 0 Å². The molecular weight excluding hydrogens is 478 g/mol. The second kappa shape index (κ2) is 8.01. The van der Waals surface area contributed by atoms with Crippen LogP contribution in [0.5, 0.6) is 0 Å². The van der Waals surface area contributed by atoms with Crippen LogP contribution >= 0.6 is 0 Å². The van der Waals surface area contributed by atoms with Crippen LogP contribution in [0.3, 0.4) is 0 Å². The lowest BCUT2D eigenvalue weighted by Gasteiger charge is -2.17. The topological polar surface area (TPSA) is 85.9 Å². The van der Waals surface area contributed by atoms with Crippen molar-refractivity contribution in [3.05, 3.63) is 87.5 Å². The van der Waals surface area contributed by atoms with Gasteiger partial charge >= 0.3 is 0 Å². The number of anilines is 1. The summed E-state index contributed by atoms with van der Waals surface area (Å²) in [6.45, 7) is 0. The third kappa shape index (κ3) is 3.23. The zero-order chi connectivity index (χ0) is 25.1. The lowest BCUT2D eigenvalue weighted by Crippen LogP contribution is -2.21. The Kier molecular flexibility index (Phi) is 5.42. The van der Waals surface area contributed by atoms with Crippen molar-refractivity contribution in [1.29, 1.82) is 0 Å². The van der Waals surface area contributed by atoms with Crippen LogP contribution in [-0.4, -0.2) is 21.5 Å². The number of aromatic nitrogens is 2. The van der Waals surface area contributed by atoms with E-state index >= 15 is 0 Å². The second-order valence-corrected chi connectivity index (χ2v) is 6.98. The molecule has 0 spiro atoms. The summed E-state index contributed by atoms with van der Waals surface area (Å²) in [7, 11) is 0. The highest BCUT2D eigenvalue weighted by Crippen LogP contribution is 2.39. The summed E-state index contributed by atoms with van der Waals surface area (Å²) >= 11 is 0. The van der Waals surface area contributed by atoms with Crippen molar-refractivity contribution in [2.75, 3.05) is 5.73 Å². The van der Waals surface area contributed by atoms with Crippen LogP contribution in [0.1, 0.15) is 26.4 Å². The quantitative estimate of drug-likeness (QED) is 0.338. The standard InChI is InChI=1S/C21H7F8N3O2/c22-11-6(1-5-2-8(33)20-7(21(5)34)3-31-4-32-20)12(23)14(25)9(13(11)24)10-15(26)17(28)19(30)18(29)16(10)27/h2-4H,1,30H2. The molecule has 4 rings (SSSR count). The lowest BCUT2D eigenvalue weighted by molar-refractivity contribution is 0.0978. The number of allylic oxidation sites excluding steroid dienone is 2. The van der Waals surface area contributed by atoms with Crippen molar-refractivity contribution in [3.63, 3.8) is 0 Å². The van der Waals surface area contributed by atoms with E-state index < -0.39 is 92.5 Å². The van der Waals surface area contributed by atoms with E-state index in [1.165, 1.54) is 0 Å². The Hall–Kier alpha value is -4.16. The maximum absolute atomic E-state index is 14.7. The first kappa shape index (κ1) is 23.0. The Morgan fingerprint density at radius 3 is 1.76 bits per heavy atom. The van der Waals surface area contributed by atoms with E-state index in [-0.39, 0.29) is 11.3 Å². The van der Waals surface area contributed by atoms with Gasteiger partial charge in [-0.3, -0.25) is 9.59 Å². The number of fused-ring (bicyclic) bond motifs is 1. The largest absolute Gasteiger partial charge is 0.394 e. The van der Waals surface area contributed by atoms with Gasteiger partial charge in [0.25, 0.3) is 0 Å². The number of nitrogen functional groups attached to an aromatic ring is 1. The number of halogens is 8. The summed E-state index contributed by atoms with van der Waals surface area (Å²) in [5.74, 6) is -20.4. The van der Waals surface area contributed by atoms with E-state index in [1.54, 1.807) is 0 Å². The maximum atomic E-state index is 14.7. The van der Waals surface area contributed by atoms with E-state index in [1.807, 2.05) is 0 Å². The van der Waals surface area contributed by atoms with E-state index in [2.05, 4.69) is 9.97 Å². The van der Waals surface area contributed by atoms with Gasteiger partial charge < -0.3 is 5.73 Å². The molecule has 0 aliphatic heterocycles. The summed E-state index contributed by atoms with van der Waals surface area (Å²) in [4.78, 5) is 31.8. The maximum Gasteiger partial charge on any atom is 0.205 e. The molecule has 0 fully saturated rings. The Bertz CT molecular complexity index is 1410. The van der Waals surface area contributed by atoms with Crippen molar-refractivity contribution in [3.8, 4) is 11.1 Å². The molecule has 0 unspecified atom stereocenters. The number of carbonyl (C=O) groups excluding carboxylic acids is 2. The molecule has 0 saturated heterocycles. The summed E-state index contributed by atoms with van der Waals surface area (Å²) in [5, 5.41) is 0. The predicted octanol–water partition coefficient (Wildman–Crippen LogP) is 4.39. The van der Waals surface area contributed by atoms with Gasteiger partial charge in [0.05, 0.1) is 16.7 Å². The molecular formula is C21H7F8N3O2. The Labute approximate surface area is 183 Å². The van der Waals surface area contributed by atoms with Crippen LogP contribution in [-0.2, 0) is 6.42 Å². The van der Waals surface area contributed by atoms with Crippen LogP contribution < -0.4 is 5.73 Å². The van der Waals surface area contributed by atoms with Crippen LogP contribution in [0.4, 0.5) is 40.8 Å². The van der Waals surface area contributed by atoms with Crippen LogP contribution in [0.15, 0.2) is 24.2 Å². The molecule has 34 heavy (non-hydrogen) atoms. The van der Waals surface area contributed by atoms with Gasteiger partial charge in [-0.1, -0.05) is 0 Å². The highest BCUT2D eigenvalue weighted by atomic mass is 19.2. The molecule has 13 heteroatoms. The average molecular weight is 485 g/mol. The first-order chi connectivity index (χ1) is 16.0. The smallest absolute Gasteiger partial charge is 0.205 e. The zero-order valence-corrected chi connectivity index (χ0v) is 16.3. The normalized spacial score (nSPS) is 13.2. The first-order valence-electron chi connectivity index (χ1n) is 9.03. The van der Waals surface area contributed by atoms with Gasteiger partial charge in [0.2, 0.25) is 5.78 Å². The zero-order valence-electron chi connectivity index (χ0n) is 16.3. The number of rotatable bonds is 3. The Balaban J connectivity index is 1.88. The molecule has 0 atom stereocenters. The Morgan fingerprint density at radius 2 is 1.24 bits per heavy atom. The third-order valence-electron chi connectivity index (χ3n) is 5.06. The SMILES string of the molecule is Nc1c(F)c(F)c(-c2c(F)c(F)c(CC3=CC(=O)c4ncncc4C3=O)c(F)c2F)c(F)c1F. The highest BCUT2D eigenvalue weighted by molar-refractivity contribution is 6.23. The van der Waals surface area contributed by atoms with Crippen molar-refractivity contribution in [2.24, 2.45) is 0 Å². The summed E-state index contributed by atoms with van der Waals surface area (Å²) < 4.78 is 115. The van der Waals surface area contributed by atoms with Crippen molar-refractivity contribution in [2.45, 2.75) is 6.42 Å². The number of nitrogens with two attached hydrogens (primary N) is 1. The van der Waals surface area contributed by atoms with Crippen LogP contribution in [0, 0.1) is 46.5 Å². The number of hydrogen-bond donors (Lipinski definition) is 1. The van der Waals surface area contributed by atoms with Gasteiger partial charge in [0, 0.05) is 23.8 Å². The predicted molar refractivity (Wildman–Crippen MR) is 98.4 cm³/mol. The lowest BCUT2D eigenvalue weighted by atomic mass is 9.89. The molecule has 1 heterocycles. The number of ketones is 2. The number of hydrogen-bond acceptors (Lipinski definition) is 5. The minimum absolute atomic E-state index is 0.309. The van der Waals surface area contributed by atoms with Crippen molar-refractivity contribution in [1.82, 2.24) is 9.97 Å². The molecule has 0 radical (unpaired) electrons. The van der Waals surface area contributed by atoms with Gasteiger partial charge in [0.1, 0.15) is 17.7 Å². The van der Waals surface area contributed by atoms with E-state index in [0.29, 0.717) is 6.08 Å². The van der Waals surface area contributed by atoms with Crippen LogP contribution in [0.25, 0.3) is 11.1 Å². The van der Waals surface area contributed by atoms with Crippen molar-refractivity contribution >= 4 is 17.3 Å². The molecule has 0 bridgehead atoms. The minimum atomic E-state index is -2.41. The minimum Gasteiger partial charge on any atom is -0.394 e. The fourth-order valence-electron chi connectivity index (χ4n) is 3.40. The molecule has 5 nitrogen and oxygen atoms in total. The molecule has 0 saturated carbocycles. The summed E-state index contributed by atoms with van der Waals surface area (Å²) in [5.41, 5.74) is -3.66. The molecule has 0 amide bonds. The number of nitrogens with zero attached hydrogens (tertiary/aromatic N) is 2. The molecule has 1 aliphatic rings. The highest BCUT2D eigenvalue weighted by Gasteiger charge is 2.35. The average Bonchev–Trinajstić information content (AvgIpc) is 2.83. The molecule has 1 aromatic heterocycles.